The molecular formula is C17H14N4OSSe. The Kier molecular flexibility index (Phi) is 4.14. The van der Waals surface area contributed by atoms with Crippen molar-refractivity contribution in [3.05, 3.63) is 70.0 Å². The van der Waals surface area contributed by atoms with Gasteiger partial charge in [0.25, 0.3) is 0 Å². The number of rotatable bonds is 4. The number of aromatic amines is 1. The number of hydrogen-bond acceptors (Lipinski definition) is 4. The van der Waals surface area contributed by atoms with Crippen molar-refractivity contribution < 1.29 is 0 Å². The summed E-state index contributed by atoms with van der Waals surface area (Å²) in [6, 6.07) is 16.1. The maximum absolute atomic E-state index is 12.5. The molecule has 5 nitrogen and oxygen atoms in total. The van der Waals surface area contributed by atoms with E-state index in [1.807, 2.05) is 24.3 Å². The third kappa shape index (κ3) is 2.98. The second-order valence-electron chi connectivity index (χ2n) is 5.41. The molecule has 2 heterocycles. The zero-order chi connectivity index (χ0) is 16.5. The Morgan fingerprint density at radius 1 is 1.21 bits per heavy atom. The zero-order valence-corrected chi connectivity index (χ0v) is 15.4. The fourth-order valence-corrected chi connectivity index (χ4v) is 5.16. The first kappa shape index (κ1) is 15.4. The minimum absolute atomic E-state index is 0.00279. The average Bonchev–Trinajstić information content (AvgIpc) is 3.18. The molecule has 120 valence electrons. The van der Waals surface area contributed by atoms with E-state index in [9.17, 15) is 4.79 Å². The van der Waals surface area contributed by atoms with Gasteiger partial charge >= 0.3 is 149 Å². The summed E-state index contributed by atoms with van der Waals surface area (Å²) in [6.45, 7) is 2.08. The van der Waals surface area contributed by atoms with Gasteiger partial charge in [-0.1, -0.05) is 0 Å². The second kappa shape index (κ2) is 6.43. The van der Waals surface area contributed by atoms with Gasteiger partial charge in [0.15, 0.2) is 0 Å². The predicted molar refractivity (Wildman–Crippen MR) is 97.2 cm³/mol. The van der Waals surface area contributed by atoms with Crippen molar-refractivity contribution in [3.63, 3.8) is 0 Å². The van der Waals surface area contributed by atoms with Crippen LogP contribution >= 0.6 is 11.8 Å². The number of nitrogens with zero attached hydrogens (tertiary/aromatic N) is 3. The van der Waals surface area contributed by atoms with Gasteiger partial charge in [-0.3, -0.25) is 0 Å². The first-order chi connectivity index (χ1) is 11.7. The Balaban J connectivity index is 1.58. The van der Waals surface area contributed by atoms with Crippen LogP contribution in [0.3, 0.4) is 0 Å². The van der Waals surface area contributed by atoms with Gasteiger partial charge in [-0.2, -0.15) is 0 Å². The number of hydrogen-bond donors (Lipinski definition) is 1. The number of aromatic nitrogens is 4. The third-order valence-electron chi connectivity index (χ3n) is 3.59. The van der Waals surface area contributed by atoms with Gasteiger partial charge in [0.05, 0.1) is 0 Å². The molecule has 0 aliphatic rings. The van der Waals surface area contributed by atoms with E-state index in [4.69, 9.17) is 0 Å². The number of thioether (sulfide) groups is 1. The number of aryl methyl sites for hydroxylation is 1. The molecule has 0 radical (unpaired) electrons. The van der Waals surface area contributed by atoms with Crippen molar-refractivity contribution in [1.29, 1.82) is 0 Å². The standard InChI is InChI=1S/C17H14N4OSSe/c1-11-5-4-6-12(9-11)10-23-17-18-16(19-20-17)21-15(22)13-7-2-3-8-14(13)24-21/h2-9H,10H2,1H3,(H,18,19,20). The monoisotopic (exact) mass is 402 g/mol. The molecule has 24 heavy (non-hydrogen) atoms. The Morgan fingerprint density at radius 2 is 2.08 bits per heavy atom. The van der Waals surface area contributed by atoms with Crippen molar-refractivity contribution in [2.45, 2.75) is 17.8 Å². The maximum atomic E-state index is 12.5. The van der Waals surface area contributed by atoms with E-state index in [0.29, 0.717) is 11.1 Å². The number of benzene rings is 2. The van der Waals surface area contributed by atoms with E-state index in [2.05, 4.69) is 46.4 Å². The van der Waals surface area contributed by atoms with Gasteiger partial charge < -0.3 is 0 Å². The zero-order valence-electron chi connectivity index (χ0n) is 12.9. The van der Waals surface area contributed by atoms with E-state index < -0.39 is 0 Å². The summed E-state index contributed by atoms with van der Waals surface area (Å²) < 4.78 is 2.78. The van der Waals surface area contributed by atoms with Crippen LogP contribution in [0.1, 0.15) is 11.1 Å². The fraction of sp³-hybridized carbons (Fsp3) is 0.118. The fourth-order valence-electron chi connectivity index (χ4n) is 2.46. The normalized spacial score (nSPS) is 11.2. The van der Waals surface area contributed by atoms with Gasteiger partial charge in [-0.25, -0.2) is 0 Å². The molecule has 0 spiro atoms. The number of fused-ring (bicyclic) bond motifs is 1. The van der Waals surface area contributed by atoms with Crippen molar-refractivity contribution in [1.82, 2.24) is 18.7 Å². The molecule has 2 aromatic heterocycles. The average molecular weight is 401 g/mol. The molecule has 0 unspecified atom stereocenters. The van der Waals surface area contributed by atoms with Gasteiger partial charge in [-0.15, -0.1) is 0 Å². The van der Waals surface area contributed by atoms with Crippen LogP contribution in [0.4, 0.5) is 0 Å². The van der Waals surface area contributed by atoms with Crippen LogP contribution in [0.25, 0.3) is 15.6 Å². The molecule has 0 bridgehead atoms. The molecule has 0 saturated heterocycles. The summed E-state index contributed by atoms with van der Waals surface area (Å²) in [5.74, 6) is 1.33. The third-order valence-corrected chi connectivity index (χ3v) is 6.76. The Labute approximate surface area is 148 Å². The SMILES string of the molecule is Cc1cccc(CSc2n[nH]c(-n3[se]c4ccccc4c3=O)n2)c1. The van der Waals surface area contributed by atoms with Crippen LogP contribution in [0.5, 0.6) is 0 Å². The first-order valence-corrected chi connectivity index (χ1v) is 10.0. The summed E-state index contributed by atoms with van der Waals surface area (Å²) in [5.41, 5.74) is 2.48. The Bertz CT molecular complexity index is 1070. The molecule has 1 N–H and O–H groups in total. The molecule has 0 aliphatic carbocycles. The molecule has 0 saturated carbocycles. The van der Waals surface area contributed by atoms with Crippen molar-refractivity contribution in [3.8, 4) is 5.95 Å². The molecule has 0 amide bonds. The number of H-pyrrole nitrogens is 1. The molecule has 0 fully saturated rings. The Morgan fingerprint density at radius 3 is 2.92 bits per heavy atom. The second-order valence-corrected chi connectivity index (χ2v) is 8.42. The van der Waals surface area contributed by atoms with Gasteiger partial charge in [0, 0.05) is 0 Å². The van der Waals surface area contributed by atoms with Crippen LogP contribution in [0, 0.1) is 6.92 Å². The molecule has 0 atom stereocenters. The predicted octanol–water partition coefficient (Wildman–Crippen LogP) is 2.77. The van der Waals surface area contributed by atoms with Crippen LogP contribution in [0.2, 0.25) is 0 Å². The van der Waals surface area contributed by atoms with Gasteiger partial charge in [0.1, 0.15) is 0 Å². The van der Waals surface area contributed by atoms with Gasteiger partial charge in [0.2, 0.25) is 0 Å². The molecular weight excluding hydrogens is 387 g/mol. The summed E-state index contributed by atoms with van der Waals surface area (Å²) in [6.07, 6.45) is 0. The van der Waals surface area contributed by atoms with Crippen molar-refractivity contribution >= 4 is 36.1 Å². The molecule has 0 aliphatic heterocycles. The molecule has 2 aromatic carbocycles. The topological polar surface area (TPSA) is 63.6 Å². The quantitative estimate of drug-likeness (QED) is 0.422. The molecule has 7 heteroatoms. The van der Waals surface area contributed by atoms with E-state index in [1.165, 1.54) is 11.1 Å². The van der Waals surface area contributed by atoms with Crippen LogP contribution < -0.4 is 5.56 Å². The van der Waals surface area contributed by atoms with Crippen molar-refractivity contribution in [2.24, 2.45) is 0 Å². The summed E-state index contributed by atoms with van der Waals surface area (Å²) in [4.78, 5) is 17.0. The summed E-state index contributed by atoms with van der Waals surface area (Å²) in [7, 11) is 0. The molecule has 4 rings (SSSR count). The van der Waals surface area contributed by atoms with E-state index in [-0.39, 0.29) is 20.3 Å². The van der Waals surface area contributed by atoms with E-state index in [1.54, 1.807) is 15.3 Å². The summed E-state index contributed by atoms with van der Waals surface area (Å²) in [5, 5.41) is 8.56. The van der Waals surface area contributed by atoms with Crippen LogP contribution in [-0.4, -0.2) is 33.5 Å². The summed E-state index contributed by atoms with van der Waals surface area (Å²) >= 11 is 1.47. The van der Waals surface area contributed by atoms with Gasteiger partial charge in [-0.05, 0) is 0 Å². The van der Waals surface area contributed by atoms with Crippen LogP contribution in [0.15, 0.2) is 58.5 Å². The van der Waals surface area contributed by atoms with E-state index >= 15 is 0 Å². The number of nitrogens with one attached hydrogen (secondary N) is 1. The Hall–Kier alpha value is -2.08. The van der Waals surface area contributed by atoms with Crippen molar-refractivity contribution in [2.75, 3.05) is 0 Å². The minimum atomic E-state index is -0.0916. The van der Waals surface area contributed by atoms with Crippen LogP contribution in [-0.2, 0) is 5.75 Å². The first-order valence-electron chi connectivity index (χ1n) is 7.43. The van der Waals surface area contributed by atoms with E-state index in [0.717, 1.165) is 15.4 Å². The molecule has 4 aromatic rings.